The molecule has 0 aliphatic carbocycles. The number of pyridine rings is 1. The van der Waals surface area contributed by atoms with Gasteiger partial charge in [-0.05, 0) is 48.5 Å². The smallest absolute Gasteiger partial charge is 0.138 e. The molecule has 2 heterocycles. The van der Waals surface area contributed by atoms with Crippen molar-refractivity contribution in [2.75, 3.05) is 0 Å². The Labute approximate surface area is 146 Å². The fourth-order valence-corrected chi connectivity index (χ4v) is 2.60. The lowest BCUT2D eigenvalue weighted by Gasteiger charge is -2.04. The van der Waals surface area contributed by atoms with Crippen molar-refractivity contribution >= 4 is 0 Å². The van der Waals surface area contributed by atoms with Gasteiger partial charge in [-0.25, -0.2) is 9.37 Å². The fourth-order valence-electron chi connectivity index (χ4n) is 2.60. The normalized spacial score (nSPS) is 11.9. The predicted octanol–water partition coefficient (Wildman–Crippen LogP) is 4.65. The average Bonchev–Trinajstić information content (AvgIpc) is 3.12. The van der Waals surface area contributed by atoms with Gasteiger partial charge in [0.2, 0.25) is 0 Å². The average molecular weight is 335 g/mol. The number of nitrogens with one attached hydrogen (secondary N) is 1. The van der Waals surface area contributed by atoms with Gasteiger partial charge in [0.15, 0.2) is 0 Å². The number of nitrogens with zero attached hydrogens (tertiary/aromatic N) is 2. The highest BCUT2D eigenvalue weighted by atomic mass is 19.1. The Kier molecular flexibility index (Phi) is 3.20. The highest BCUT2D eigenvalue weighted by molar-refractivity contribution is 5.81. The molecule has 2 aromatic carbocycles. The van der Waals surface area contributed by atoms with Gasteiger partial charge >= 0.3 is 0 Å². The molecule has 0 unspecified atom stereocenters. The first kappa shape index (κ1) is 12.9. The number of imidazole rings is 1. The van der Waals surface area contributed by atoms with Crippen LogP contribution in [0.15, 0.2) is 73.0 Å². The van der Waals surface area contributed by atoms with E-state index < -0.39 is 11.6 Å². The predicted molar refractivity (Wildman–Crippen MR) is 94.3 cm³/mol. The zero-order valence-corrected chi connectivity index (χ0v) is 13.0. The van der Waals surface area contributed by atoms with Gasteiger partial charge in [-0.15, -0.1) is 0 Å². The third-order valence-electron chi connectivity index (χ3n) is 3.80. The van der Waals surface area contributed by atoms with Crippen molar-refractivity contribution in [3.63, 3.8) is 0 Å². The molecular formula is C20H14FN3O. The summed E-state index contributed by atoms with van der Waals surface area (Å²) in [5.74, 6) is -0.410. The maximum Gasteiger partial charge on any atom is 0.138 e. The third-order valence-corrected chi connectivity index (χ3v) is 3.80. The van der Waals surface area contributed by atoms with Crippen molar-refractivity contribution < 1.29 is 12.2 Å². The summed E-state index contributed by atoms with van der Waals surface area (Å²) >= 11 is 0. The van der Waals surface area contributed by atoms with E-state index in [2.05, 4.69) is 15.0 Å². The van der Waals surface area contributed by atoms with E-state index in [1.54, 1.807) is 42.7 Å². The number of phenolic OH excluding ortho intramolecular Hbond substituents is 1. The van der Waals surface area contributed by atoms with E-state index in [1.807, 2.05) is 0 Å². The van der Waals surface area contributed by atoms with Crippen LogP contribution < -0.4 is 0 Å². The molecule has 5 heteroatoms. The number of phenols is 1. The van der Waals surface area contributed by atoms with Gasteiger partial charge in [-0.2, -0.15) is 0 Å². The van der Waals surface area contributed by atoms with Crippen molar-refractivity contribution in [3.8, 4) is 39.7 Å². The standard InChI is InChI=1S/C20H14FN3O/c21-17-4-2-1-3-16(17)19-18(13-9-11-22-12-10-13)23-20(24-19)14-5-7-15(25)8-6-14/h1-12,25H,(H,23,24)/i7T,8T. The second-order valence-electron chi connectivity index (χ2n) is 5.41. The van der Waals surface area contributed by atoms with Crippen LogP contribution in [0.1, 0.15) is 2.74 Å². The first-order valence-corrected chi connectivity index (χ1v) is 7.60. The number of aromatic hydroxyl groups is 1. The number of rotatable bonds is 3. The van der Waals surface area contributed by atoms with E-state index in [0.717, 1.165) is 5.56 Å². The highest BCUT2D eigenvalue weighted by Gasteiger charge is 2.17. The van der Waals surface area contributed by atoms with Crippen LogP contribution in [0.25, 0.3) is 33.9 Å². The maximum absolute atomic E-state index is 14.4. The Bertz CT molecular complexity index is 1110. The molecule has 2 aromatic heterocycles. The van der Waals surface area contributed by atoms with Crippen LogP contribution in [0.2, 0.25) is 0 Å². The number of H-pyrrole nitrogens is 1. The molecular weight excluding hydrogens is 317 g/mol. The van der Waals surface area contributed by atoms with Crippen molar-refractivity contribution in [3.05, 3.63) is 78.8 Å². The summed E-state index contributed by atoms with van der Waals surface area (Å²) in [5.41, 5.74) is 2.59. The zero-order valence-electron chi connectivity index (χ0n) is 15.0. The lowest BCUT2D eigenvalue weighted by Crippen LogP contribution is -1.87. The molecule has 0 fully saturated rings. The highest BCUT2D eigenvalue weighted by Crippen LogP contribution is 2.34. The Morgan fingerprint density at radius 1 is 0.960 bits per heavy atom. The van der Waals surface area contributed by atoms with Crippen LogP contribution in [0.4, 0.5) is 4.39 Å². The Morgan fingerprint density at radius 2 is 1.68 bits per heavy atom. The van der Waals surface area contributed by atoms with Gasteiger partial charge in [-0.1, -0.05) is 12.1 Å². The van der Waals surface area contributed by atoms with Crippen molar-refractivity contribution in [1.29, 1.82) is 0 Å². The molecule has 0 radical (unpaired) electrons. The van der Waals surface area contributed by atoms with Crippen LogP contribution in [0.3, 0.4) is 0 Å². The van der Waals surface area contributed by atoms with Gasteiger partial charge in [0.1, 0.15) is 17.4 Å². The maximum atomic E-state index is 14.4. The zero-order chi connectivity index (χ0) is 19.0. The molecule has 0 atom stereocenters. The number of aromatic nitrogens is 3. The SMILES string of the molecule is [3H]c1cc(-c2nc(-c3ccncc3)c(-c3ccccc3F)[nH]2)cc([3H])c1O. The Balaban J connectivity index is 1.95. The minimum absolute atomic E-state index is 0.174. The molecule has 25 heavy (non-hydrogen) atoms. The lowest BCUT2D eigenvalue weighted by molar-refractivity contribution is 0.475. The van der Waals surface area contributed by atoms with Gasteiger partial charge < -0.3 is 10.1 Å². The molecule has 0 aliphatic rings. The van der Waals surface area contributed by atoms with Gasteiger partial charge in [0.05, 0.1) is 14.1 Å². The Hall–Kier alpha value is -3.47. The summed E-state index contributed by atoms with van der Waals surface area (Å²) < 4.78 is 30.0. The molecule has 4 rings (SSSR count). The molecule has 0 saturated heterocycles. The van der Waals surface area contributed by atoms with Gasteiger partial charge in [0.25, 0.3) is 0 Å². The second-order valence-corrected chi connectivity index (χ2v) is 5.41. The first-order valence-electron chi connectivity index (χ1n) is 8.60. The number of hydrogen-bond acceptors (Lipinski definition) is 3. The third kappa shape index (κ3) is 2.87. The van der Waals surface area contributed by atoms with Crippen LogP contribution in [-0.2, 0) is 0 Å². The largest absolute Gasteiger partial charge is 0.508 e. The monoisotopic (exact) mass is 335 g/mol. The quantitative estimate of drug-likeness (QED) is 0.573. The number of halogens is 1. The first-order chi connectivity index (χ1) is 13.0. The van der Waals surface area contributed by atoms with E-state index in [0.29, 0.717) is 28.3 Å². The van der Waals surface area contributed by atoms with Gasteiger partial charge in [-0.3, -0.25) is 4.98 Å². The van der Waals surface area contributed by atoms with Crippen LogP contribution in [-0.4, -0.2) is 20.1 Å². The number of hydrogen-bond donors (Lipinski definition) is 2. The second kappa shape index (κ2) is 6.20. The molecule has 122 valence electrons. The van der Waals surface area contributed by atoms with Crippen molar-refractivity contribution in [2.45, 2.75) is 0 Å². The summed E-state index contributed by atoms with van der Waals surface area (Å²) in [6.07, 6.45) is 3.25. The lowest BCUT2D eigenvalue weighted by atomic mass is 10.1. The number of benzene rings is 2. The summed E-state index contributed by atoms with van der Waals surface area (Å²) in [5, 5.41) is 9.67. The van der Waals surface area contributed by atoms with Crippen LogP contribution >= 0.6 is 0 Å². The molecule has 2 N–H and O–H groups in total. The fraction of sp³-hybridized carbons (Fsp3) is 0. The van der Waals surface area contributed by atoms with E-state index in [4.69, 9.17) is 2.74 Å². The molecule has 4 nitrogen and oxygen atoms in total. The van der Waals surface area contributed by atoms with Crippen LogP contribution in [0.5, 0.6) is 5.75 Å². The van der Waals surface area contributed by atoms with E-state index in [9.17, 15) is 9.50 Å². The summed E-state index contributed by atoms with van der Waals surface area (Å²) in [6, 6.07) is 12.4. The van der Waals surface area contributed by atoms with Crippen molar-refractivity contribution in [1.82, 2.24) is 15.0 Å². The molecule has 0 saturated carbocycles. The molecule has 0 bridgehead atoms. The topological polar surface area (TPSA) is 61.8 Å². The van der Waals surface area contributed by atoms with E-state index in [1.165, 1.54) is 18.2 Å². The van der Waals surface area contributed by atoms with Gasteiger partial charge in [0, 0.05) is 29.1 Å². The number of aromatic amines is 1. The Morgan fingerprint density at radius 3 is 2.40 bits per heavy atom. The van der Waals surface area contributed by atoms with E-state index in [-0.39, 0.29) is 12.1 Å². The summed E-state index contributed by atoms with van der Waals surface area (Å²) in [7, 11) is 0. The molecule has 0 amide bonds. The summed E-state index contributed by atoms with van der Waals surface area (Å²) in [4.78, 5) is 11.7. The van der Waals surface area contributed by atoms with E-state index >= 15 is 0 Å². The van der Waals surface area contributed by atoms with Crippen LogP contribution in [0, 0.1) is 5.82 Å². The minimum Gasteiger partial charge on any atom is -0.508 e. The minimum atomic E-state index is -0.394. The summed E-state index contributed by atoms with van der Waals surface area (Å²) in [6.45, 7) is 0. The molecule has 0 aliphatic heterocycles. The molecule has 4 aromatic rings. The van der Waals surface area contributed by atoms with Crippen molar-refractivity contribution in [2.24, 2.45) is 0 Å². The molecule has 0 spiro atoms.